The number of hydrogen-bond donors (Lipinski definition) is 0. The first kappa shape index (κ1) is 13.0. The second kappa shape index (κ2) is 5.16. The maximum absolute atomic E-state index is 12.1. The summed E-state index contributed by atoms with van der Waals surface area (Å²) in [6, 6.07) is 13.1. The van der Waals surface area contributed by atoms with Crippen LogP contribution in [0.15, 0.2) is 57.7 Å². The molecule has 0 unspecified atom stereocenters. The molecule has 21 heavy (non-hydrogen) atoms. The Morgan fingerprint density at radius 3 is 2.43 bits per heavy atom. The van der Waals surface area contributed by atoms with Crippen LogP contribution in [0.5, 0.6) is 11.5 Å². The molecule has 3 rings (SSSR count). The zero-order valence-corrected chi connectivity index (χ0v) is 11.1. The fraction of sp³-hybridized carbons (Fsp3) is 0.0667. The van der Waals surface area contributed by atoms with Crippen molar-refractivity contribution < 1.29 is 18.7 Å². The summed E-state index contributed by atoms with van der Waals surface area (Å²) >= 11 is 0. The number of methoxy groups -OCH3 is 1. The SMILES string of the molecule is COc1ccc(OC(=O)n2c(=O)oc3ccccc32)cc1. The molecule has 0 aliphatic rings. The molecule has 6 nitrogen and oxygen atoms in total. The Bertz CT molecular complexity index is 844. The smallest absolute Gasteiger partial charge is 0.429 e. The third-order valence-corrected chi connectivity index (χ3v) is 2.93. The van der Waals surface area contributed by atoms with E-state index in [2.05, 4.69) is 0 Å². The first-order chi connectivity index (χ1) is 10.2. The first-order valence-electron chi connectivity index (χ1n) is 6.16. The van der Waals surface area contributed by atoms with E-state index in [1.807, 2.05) is 0 Å². The predicted molar refractivity (Wildman–Crippen MR) is 74.9 cm³/mol. The zero-order chi connectivity index (χ0) is 14.8. The van der Waals surface area contributed by atoms with E-state index in [9.17, 15) is 9.59 Å². The summed E-state index contributed by atoms with van der Waals surface area (Å²) in [6.07, 6.45) is -0.824. The molecule has 106 valence electrons. The fourth-order valence-electron chi connectivity index (χ4n) is 1.93. The van der Waals surface area contributed by atoms with E-state index < -0.39 is 11.8 Å². The van der Waals surface area contributed by atoms with Crippen LogP contribution in [0, 0.1) is 0 Å². The number of rotatable bonds is 2. The van der Waals surface area contributed by atoms with E-state index in [-0.39, 0.29) is 0 Å². The van der Waals surface area contributed by atoms with Crippen molar-refractivity contribution in [1.29, 1.82) is 0 Å². The molecule has 0 atom stereocenters. The number of carbonyl (C=O) groups excluding carboxylic acids is 1. The number of nitrogens with zero attached hydrogens (tertiary/aromatic N) is 1. The molecule has 0 aliphatic carbocycles. The van der Waals surface area contributed by atoms with Gasteiger partial charge >= 0.3 is 11.8 Å². The highest BCUT2D eigenvalue weighted by molar-refractivity contribution is 5.85. The molecule has 2 aromatic carbocycles. The number of para-hydroxylation sites is 2. The summed E-state index contributed by atoms with van der Waals surface area (Å²) in [6.45, 7) is 0. The third kappa shape index (κ3) is 2.38. The zero-order valence-electron chi connectivity index (χ0n) is 11.1. The highest BCUT2D eigenvalue weighted by atomic mass is 16.6. The molecule has 0 radical (unpaired) electrons. The van der Waals surface area contributed by atoms with Gasteiger partial charge in [0.05, 0.1) is 7.11 Å². The van der Waals surface area contributed by atoms with Gasteiger partial charge in [-0.2, -0.15) is 4.57 Å². The lowest BCUT2D eigenvalue weighted by atomic mass is 10.3. The van der Waals surface area contributed by atoms with Crippen molar-refractivity contribution >= 4 is 17.2 Å². The maximum Gasteiger partial charge on any atom is 0.429 e. The highest BCUT2D eigenvalue weighted by Gasteiger charge is 2.17. The Balaban J connectivity index is 1.93. The average Bonchev–Trinajstić information content (AvgIpc) is 2.83. The molecular weight excluding hydrogens is 274 g/mol. The molecule has 0 amide bonds. The van der Waals surface area contributed by atoms with Crippen LogP contribution in [0.4, 0.5) is 4.79 Å². The van der Waals surface area contributed by atoms with Gasteiger partial charge in [0.1, 0.15) is 17.0 Å². The van der Waals surface area contributed by atoms with Crippen molar-refractivity contribution in [2.75, 3.05) is 7.11 Å². The van der Waals surface area contributed by atoms with Gasteiger partial charge in [-0.25, -0.2) is 9.59 Å². The molecule has 1 heterocycles. The summed E-state index contributed by atoms with van der Waals surface area (Å²) in [5, 5.41) is 0. The maximum atomic E-state index is 12.1. The van der Waals surface area contributed by atoms with Crippen LogP contribution >= 0.6 is 0 Å². The topological polar surface area (TPSA) is 70.7 Å². The number of fused-ring (bicyclic) bond motifs is 1. The summed E-state index contributed by atoms with van der Waals surface area (Å²) in [7, 11) is 1.54. The van der Waals surface area contributed by atoms with Gasteiger partial charge in [-0.3, -0.25) is 0 Å². The van der Waals surface area contributed by atoms with Gasteiger partial charge in [-0.1, -0.05) is 12.1 Å². The number of oxazole rings is 1. The molecule has 0 N–H and O–H groups in total. The lowest BCUT2D eigenvalue weighted by Crippen LogP contribution is -2.26. The number of ether oxygens (including phenoxy) is 2. The molecule has 0 aliphatic heterocycles. The lowest BCUT2D eigenvalue weighted by Gasteiger charge is -2.05. The minimum Gasteiger partial charge on any atom is -0.497 e. The second-order valence-corrected chi connectivity index (χ2v) is 4.21. The number of hydrogen-bond acceptors (Lipinski definition) is 5. The molecule has 0 spiro atoms. The quantitative estimate of drug-likeness (QED) is 0.724. The molecule has 1 aromatic heterocycles. The third-order valence-electron chi connectivity index (χ3n) is 2.93. The van der Waals surface area contributed by atoms with Gasteiger partial charge in [0, 0.05) is 0 Å². The van der Waals surface area contributed by atoms with Crippen molar-refractivity contribution in [3.8, 4) is 11.5 Å². The standard InChI is InChI=1S/C15H11NO5/c1-19-10-6-8-11(9-7-10)20-14(17)16-12-4-2-3-5-13(12)21-15(16)18/h2-9H,1H3. The van der Waals surface area contributed by atoms with Crippen LogP contribution in [0.25, 0.3) is 11.1 Å². The highest BCUT2D eigenvalue weighted by Crippen LogP contribution is 2.18. The van der Waals surface area contributed by atoms with E-state index in [1.165, 1.54) is 7.11 Å². The lowest BCUT2D eigenvalue weighted by molar-refractivity contribution is 0.201. The summed E-state index contributed by atoms with van der Waals surface area (Å²) < 4.78 is 16.0. The van der Waals surface area contributed by atoms with Gasteiger partial charge < -0.3 is 13.9 Å². The largest absolute Gasteiger partial charge is 0.497 e. The van der Waals surface area contributed by atoms with Crippen LogP contribution in [-0.2, 0) is 0 Å². The molecule has 0 saturated heterocycles. The molecule has 3 aromatic rings. The number of carbonyl (C=O) groups is 1. The Morgan fingerprint density at radius 1 is 1.05 bits per heavy atom. The molecule has 0 saturated carbocycles. The minimum absolute atomic E-state index is 0.304. The van der Waals surface area contributed by atoms with Crippen LogP contribution in [0.1, 0.15) is 0 Å². The number of aromatic nitrogens is 1. The summed E-state index contributed by atoms with van der Waals surface area (Å²) in [5.74, 6) is 0.161. The Morgan fingerprint density at radius 2 is 1.71 bits per heavy atom. The molecule has 6 heteroatoms. The van der Waals surface area contributed by atoms with E-state index >= 15 is 0 Å². The first-order valence-corrected chi connectivity index (χ1v) is 6.16. The monoisotopic (exact) mass is 285 g/mol. The van der Waals surface area contributed by atoms with Gasteiger partial charge in [0.25, 0.3) is 0 Å². The van der Waals surface area contributed by atoms with Crippen LogP contribution in [-0.4, -0.2) is 17.8 Å². The van der Waals surface area contributed by atoms with Gasteiger partial charge in [0.2, 0.25) is 0 Å². The van der Waals surface area contributed by atoms with Crippen molar-refractivity contribution in [3.05, 3.63) is 59.1 Å². The summed E-state index contributed by atoms with van der Waals surface area (Å²) in [5.41, 5.74) is 0.690. The van der Waals surface area contributed by atoms with Crippen molar-refractivity contribution in [3.63, 3.8) is 0 Å². The Hall–Kier alpha value is -3.02. The summed E-state index contributed by atoms with van der Waals surface area (Å²) in [4.78, 5) is 23.9. The van der Waals surface area contributed by atoms with Gasteiger partial charge in [-0.15, -0.1) is 0 Å². The Kier molecular flexibility index (Phi) is 3.19. The fourth-order valence-corrected chi connectivity index (χ4v) is 1.93. The second-order valence-electron chi connectivity index (χ2n) is 4.21. The predicted octanol–water partition coefficient (Wildman–Crippen LogP) is 2.65. The van der Waals surface area contributed by atoms with Gasteiger partial charge in [-0.05, 0) is 36.4 Å². The number of benzene rings is 2. The molecule has 0 bridgehead atoms. The molecular formula is C15H11NO5. The van der Waals surface area contributed by atoms with E-state index in [1.54, 1.807) is 48.5 Å². The van der Waals surface area contributed by atoms with Crippen LogP contribution in [0.3, 0.4) is 0 Å². The van der Waals surface area contributed by atoms with Crippen LogP contribution < -0.4 is 15.2 Å². The normalized spacial score (nSPS) is 10.5. The minimum atomic E-state index is -0.824. The average molecular weight is 285 g/mol. The van der Waals surface area contributed by atoms with E-state index in [4.69, 9.17) is 13.9 Å². The van der Waals surface area contributed by atoms with Gasteiger partial charge in [0.15, 0.2) is 5.58 Å². The van der Waals surface area contributed by atoms with Crippen molar-refractivity contribution in [2.45, 2.75) is 0 Å². The van der Waals surface area contributed by atoms with Crippen molar-refractivity contribution in [2.24, 2.45) is 0 Å². The van der Waals surface area contributed by atoms with Crippen molar-refractivity contribution in [1.82, 2.24) is 4.57 Å². The van der Waals surface area contributed by atoms with E-state index in [0.29, 0.717) is 22.6 Å². The Labute approximate surface area is 119 Å². The molecule has 0 fully saturated rings. The van der Waals surface area contributed by atoms with E-state index in [0.717, 1.165) is 4.57 Å². The van der Waals surface area contributed by atoms with Crippen LogP contribution in [0.2, 0.25) is 0 Å².